The molecule has 25 heavy (non-hydrogen) atoms. The van der Waals surface area contributed by atoms with Gasteiger partial charge in [-0.05, 0) is 42.8 Å². The van der Waals surface area contributed by atoms with Gasteiger partial charge >= 0.3 is 6.03 Å². The Bertz CT molecular complexity index is 873. The zero-order valence-corrected chi connectivity index (χ0v) is 14.0. The van der Waals surface area contributed by atoms with Gasteiger partial charge in [0.1, 0.15) is 5.82 Å². The van der Waals surface area contributed by atoms with E-state index in [4.69, 9.17) is 0 Å². The van der Waals surface area contributed by atoms with Gasteiger partial charge in [-0.1, -0.05) is 35.9 Å². The quantitative estimate of drug-likeness (QED) is 0.716. The third-order valence-electron chi connectivity index (χ3n) is 3.87. The number of halogens is 1. The van der Waals surface area contributed by atoms with Crippen LogP contribution in [0.3, 0.4) is 0 Å². The van der Waals surface area contributed by atoms with Gasteiger partial charge in [-0.25, -0.2) is 9.18 Å². The van der Waals surface area contributed by atoms with E-state index in [-0.39, 0.29) is 11.8 Å². The zero-order chi connectivity index (χ0) is 17.6. The molecule has 3 aromatic rings. The van der Waals surface area contributed by atoms with E-state index in [1.165, 1.54) is 23.3 Å². The van der Waals surface area contributed by atoms with Crippen molar-refractivity contribution >= 4 is 11.7 Å². The lowest BCUT2D eigenvalue weighted by Gasteiger charge is -2.12. The molecule has 2 amide bonds. The van der Waals surface area contributed by atoms with Crippen molar-refractivity contribution in [1.82, 2.24) is 9.88 Å². The first-order valence-electron chi connectivity index (χ1n) is 8.10. The summed E-state index contributed by atoms with van der Waals surface area (Å²) in [6.07, 6.45) is 1.99. The van der Waals surface area contributed by atoms with Crippen molar-refractivity contribution in [2.75, 3.05) is 5.32 Å². The van der Waals surface area contributed by atoms with Crippen LogP contribution in [0.2, 0.25) is 0 Å². The molecule has 0 radical (unpaired) electrons. The zero-order valence-electron chi connectivity index (χ0n) is 14.0. The number of benzene rings is 2. The predicted octanol–water partition coefficient (Wildman–Crippen LogP) is 4.31. The van der Waals surface area contributed by atoms with Crippen LogP contribution in [-0.4, -0.2) is 10.6 Å². The molecule has 1 aromatic heterocycles. The maximum absolute atomic E-state index is 13.1. The van der Waals surface area contributed by atoms with Gasteiger partial charge in [-0.3, -0.25) is 0 Å². The number of anilines is 1. The van der Waals surface area contributed by atoms with Gasteiger partial charge in [0.15, 0.2) is 0 Å². The summed E-state index contributed by atoms with van der Waals surface area (Å²) in [5, 5.41) is 5.42. The first-order valence-corrected chi connectivity index (χ1v) is 8.10. The molecule has 2 N–H and O–H groups in total. The van der Waals surface area contributed by atoms with Crippen molar-refractivity contribution in [2.24, 2.45) is 0 Å². The number of hydrogen-bond acceptors (Lipinski definition) is 1. The minimum Gasteiger partial charge on any atom is -0.345 e. The molecule has 0 aliphatic carbocycles. The summed E-state index contributed by atoms with van der Waals surface area (Å²) in [4.78, 5) is 12.0. The summed E-state index contributed by atoms with van der Waals surface area (Å²) in [7, 11) is 0. The minimum atomic E-state index is -0.384. The lowest BCUT2D eigenvalue weighted by atomic mass is 10.1. The van der Waals surface area contributed by atoms with Gasteiger partial charge in [0, 0.05) is 24.1 Å². The molecule has 4 nitrogen and oxygen atoms in total. The van der Waals surface area contributed by atoms with Crippen LogP contribution < -0.4 is 10.6 Å². The molecule has 1 heterocycles. The van der Waals surface area contributed by atoms with E-state index in [0.29, 0.717) is 12.2 Å². The highest BCUT2D eigenvalue weighted by molar-refractivity contribution is 5.89. The lowest BCUT2D eigenvalue weighted by Crippen LogP contribution is -2.29. The molecular weight excluding hydrogens is 317 g/mol. The topological polar surface area (TPSA) is 46.1 Å². The molecule has 0 aliphatic rings. The first kappa shape index (κ1) is 16.8. The Morgan fingerprint density at radius 2 is 1.92 bits per heavy atom. The number of aryl methyl sites for hydroxylation is 1. The van der Waals surface area contributed by atoms with Crippen molar-refractivity contribution in [3.05, 3.63) is 89.5 Å². The maximum Gasteiger partial charge on any atom is 0.319 e. The molecule has 0 fully saturated rings. The fourth-order valence-electron chi connectivity index (χ4n) is 2.68. The molecule has 0 spiro atoms. The Morgan fingerprint density at radius 1 is 1.08 bits per heavy atom. The number of amides is 2. The Morgan fingerprint density at radius 3 is 2.72 bits per heavy atom. The van der Waals surface area contributed by atoms with Gasteiger partial charge in [-0.2, -0.15) is 0 Å². The number of carbonyl (C=O) groups is 1. The van der Waals surface area contributed by atoms with E-state index < -0.39 is 0 Å². The molecule has 0 aliphatic heterocycles. The van der Waals surface area contributed by atoms with Gasteiger partial charge < -0.3 is 15.2 Å². The summed E-state index contributed by atoms with van der Waals surface area (Å²) in [5.41, 5.74) is 3.85. The Kier molecular flexibility index (Phi) is 5.14. The van der Waals surface area contributed by atoms with Crippen LogP contribution in [0.4, 0.5) is 14.9 Å². The van der Waals surface area contributed by atoms with E-state index in [1.54, 1.807) is 12.1 Å². The second-order valence-electron chi connectivity index (χ2n) is 5.93. The SMILES string of the molecule is Cc1cccc(Cn2cccc2CNC(=O)Nc2cccc(F)c2)c1. The van der Waals surface area contributed by atoms with Crippen LogP contribution >= 0.6 is 0 Å². The largest absolute Gasteiger partial charge is 0.345 e. The number of rotatable bonds is 5. The van der Waals surface area contributed by atoms with Crippen molar-refractivity contribution in [3.8, 4) is 0 Å². The highest BCUT2D eigenvalue weighted by Crippen LogP contribution is 2.11. The molecule has 2 aromatic carbocycles. The molecule has 0 saturated heterocycles. The number of carbonyl (C=O) groups excluding carboxylic acids is 1. The van der Waals surface area contributed by atoms with Crippen molar-refractivity contribution in [2.45, 2.75) is 20.0 Å². The summed E-state index contributed by atoms with van der Waals surface area (Å²) >= 11 is 0. The van der Waals surface area contributed by atoms with Crippen molar-refractivity contribution < 1.29 is 9.18 Å². The fourth-order valence-corrected chi connectivity index (χ4v) is 2.68. The second-order valence-corrected chi connectivity index (χ2v) is 5.93. The number of nitrogens with one attached hydrogen (secondary N) is 2. The number of hydrogen-bond donors (Lipinski definition) is 2. The van der Waals surface area contributed by atoms with Gasteiger partial charge in [0.05, 0.1) is 6.54 Å². The Hall–Kier alpha value is -3.08. The predicted molar refractivity (Wildman–Crippen MR) is 97.0 cm³/mol. The Labute approximate surface area is 146 Å². The summed E-state index contributed by atoms with van der Waals surface area (Å²) in [5.74, 6) is -0.384. The summed E-state index contributed by atoms with van der Waals surface area (Å²) in [6, 6.07) is 17.7. The van der Waals surface area contributed by atoms with Crippen LogP contribution in [-0.2, 0) is 13.1 Å². The van der Waals surface area contributed by atoms with Crippen LogP contribution in [0.25, 0.3) is 0 Å². The molecule has 0 atom stereocenters. The monoisotopic (exact) mass is 337 g/mol. The highest BCUT2D eigenvalue weighted by Gasteiger charge is 2.06. The molecule has 0 bridgehead atoms. The average molecular weight is 337 g/mol. The fraction of sp³-hybridized carbons (Fsp3) is 0.150. The van der Waals surface area contributed by atoms with Gasteiger partial charge in [-0.15, -0.1) is 0 Å². The van der Waals surface area contributed by atoms with E-state index >= 15 is 0 Å². The molecule has 0 unspecified atom stereocenters. The number of urea groups is 1. The van der Waals surface area contributed by atoms with Gasteiger partial charge in [0.2, 0.25) is 0 Å². The van der Waals surface area contributed by atoms with Crippen LogP contribution in [0.15, 0.2) is 66.9 Å². The third kappa shape index (κ3) is 4.70. The van der Waals surface area contributed by atoms with Crippen LogP contribution in [0, 0.1) is 12.7 Å². The third-order valence-corrected chi connectivity index (χ3v) is 3.87. The smallest absolute Gasteiger partial charge is 0.319 e. The second kappa shape index (κ2) is 7.66. The standard InChI is InChI=1S/C20H20FN3O/c1-15-5-2-6-16(11-15)14-24-10-4-9-19(24)13-22-20(25)23-18-8-3-7-17(21)12-18/h2-12H,13-14H2,1H3,(H2,22,23,25). The van der Waals surface area contributed by atoms with Crippen molar-refractivity contribution in [3.63, 3.8) is 0 Å². The van der Waals surface area contributed by atoms with E-state index in [2.05, 4.69) is 40.3 Å². The number of nitrogens with zero attached hydrogens (tertiary/aromatic N) is 1. The van der Waals surface area contributed by atoms with Crippen molar-refractivity contribution in [1.29, 1.82) is 0 Å². The minimum absolute atomic E-state index is 0.367. The first-order chi connectivity index (χ1) is 12.1. The number of aromatic nitrogens is 1. The highest BCUT2D eigenvalue weighted by atomic mass is 19.1. The van der Waals surface area contributed by atoms with E-state index in [9.17, 15) is 9.18 Å². The van der Waals surface area contributed by atoms with E-state index in [0.717, 1.165) is 12.2 Å². The summed E-state index contributed by atoms with van der Waals surface area (Å²) in [6.45, 7) is 3.20. The van der Waals surface area contributed by atoms with Crippen LogP contribution in [0.1, 0.15) is 16.8 Å². The molecular formula is C20H20FN3O. The Balaban J connectivity index is 1.58. The molecule has 0 saturated carbocycles. The molecule has 128 valence electrons. The van der Waals surface area contributed by atoms with Gasteiger partial charge in [0.25, 0.3) is 0 Å². The average Bonchev–Trinajstić information content (AvgIpc) is 3.00. The van der Waals surface area contributed by atoms with E-state index in [1.807, 2.05) is 24.4 Å². The van der Waals surface area contributed by atoms with Crippen LogP contribution in [0.5, 0.6) is 0 Å². The molecule has 3 rings (SSSR count). The maximum atomic E-state index is 13.1. The molecule has 5 heteroatoms. The normalized spacial score (nSPS) is 10.5. The summed E-state index contributed by atoms with van der Waals surface area (Å²) < 4.78 is 15.2. The lowest BCUT2D eigenvalue weighted by molar-refractivity contribution is 0.251.